The van der Waals surface area contributed by atoms with E-state index in [9.17, 15) is 33.0 Å². The van der Waals surface area contributed by atoms with Crippen LogP contribution in [0.4, 0.5) is 28.9 Å². The fraction of sp³-hybridized carbons (Fsp3) is 0.474. The average molecular weight is 461 g/mol. The summed E-state index contributed by atoms with van der Waals surface area (Å²) in [5.41, 5.74) is 4.32. The molecule has 0 spiro atoms. The van der Waals surface area contributed by atoms with E-state index in [0.29, 0.717) is 12.8 Å². The molecule has 168 valence electrons. The van der Waals surface area contributed by atoms with Gasteiger partial charge in [-0.1, -0.05) is 0 Å². The van der Waals surface area contributed by atoms with Crippen LogP contribution in [0.25, 0.3) is 10.9 Å². The molecule has 2 fully saturated rings. The normalized spacial score (nSPS) is 20.5. The Hall–Kier alpha value is -2.39. The van der Waals surface area contributed by atoms with Gasteiger partial charge in [0.2, 0.25) is 5.43 Å². The number of aliphatic hydroxyl groups is 1. The Balaban J connectivity index is 1.89. The number of alkyl halides is 3. The number of fused-ring (bicyclic) bond motifs is 1. The maximum absolute atomic E-state index is 15.8. The van der Waals surface area contributed by atoms with Crippen molar-refractivity contribution in [1.29, 1.82) is 0 Å². The monoisotopic (exact) mass is 461 g/mol. The smallest absolute Gasteiger partial charge is 0.414 e. The second-order valence-electron chi connectivity index (χ2n) is 8.01. The van der Waals surface area contributed by atoms with Gasteiger partial charge in [0.25, 0.3) is 0 Å². The fourth-order valence-electron chi connectivity index (χ4n) is 4.22. The Morgan fingerprint density at radius 1 is 1.29 bits per heavy atom. The van der Waals surface area contributed by atoms with Gasteiger partial charge in [0, 0.05) is 36.6 Å². The van der Waals surface area contributed by atoms with Crippen molar-refractivity contribution in [3.63, 3.8) is 0 Å². The number of rotatable bonds is 4. The SMILES string of the molecule is Nc1c(P)c(N2CCC(C(O)C(F)(F)F)C2)c(F)c2c1c(=O)c(C(=O)O)cn2C1CC1. The first-order valence-electron chi connectivity index (χ1n) is 9.61. The van der Waals surface area contributed by atoms with Gasteiger partial charge in [-0.15, -0.1) is 9.24 Å². The molecule has 0 amide bonds. The van der Waals surface area contributed by atoms with E-state index in [2.05, 4.69) is 9.24 Å². The van der Waals surface area contributed by atoms with Crippen LogP contribution >= 0.6 is 9.24 Å². The number of carboxylic acids is 1. The summed E-state index contributed by atoms with van der Waals surface area (Å²) in [6.45, 7) is -0.188. The van der Waals surface area contributed by atoms with Crippen molar-refractivity contribution in [2.24, 2.45) is 5.92 Å². The van der Waals surface area contributed by atoms with E-state index in [-0.39, 0.29) is 53.1 Å². The van der Waals surface area contributed by atoms with E-state index in [1.807, 2.05) is 0 Å². The predicted molar refractivity (Wildman–Crippen MR) is 110 cm³/mol. The van der Waals surface area contributed by atoms with Crippen LogP contribution in [0.2, 0.25) is 0 Å². The van der Waals surface area contributed by atoms with Gasteiger partial charge >= 0.3 is 12.1 Å². The molecule has 1 aromatic carbocycles. The molecule has 2 heterocycles. The maximum atomic E-state index is 15.8. The number of nitrogens with zero attached hydrogens (tertiary/aromatic N) is 2. The van der Waals surface area contributed by atoms with Crippen molar-refractivity contribution >= 4 is 42.8 Å². The minimum Gasteiger partial charge on any atom is -0.477 e. The van der Waals surface area contributed by atoms with E-state index in [4.69, 9.17) is 5.73 Å². The highest BCUT2D eigenvalue weighted by molar-refractivity contribution is 7.28. The number of benzene rings is 1. The highest BCUT2D eigenvalue weighted by Crippen LogP contribution is 2.41. The van der Waals surface area contributed by atoms with Crippen molar-refractivity contribution in [2.75, 3.05) is 23.7 Å². The number of aromatic carboxylic acids is 1. The van der Waals surface area contributed by atoms with Crippen LogP contribution in [-0.4, -0.2) is 46.1 Å². The van der Waals surface area contributed by atoms with Crippen LogP contribution < -0.4 is 21.4 Å². The summed E-state index contributed by atoms with van der Waals surface area (Å²) < 4.78 is 55.9. The molecule has 1 aromatic heterocycles. The zero-order chi connectivity index (χ0) is 22.8. The Kier molecular flexibility index (Phi) is 5.17. The van der Waals surface area contributed by atoms with Crippen molar-refractivity contribution in [1.82, 2.24) is 4.57 Å². The number of nitrogens with two attached hydrogens (primary N) is 1. The molecule has 7 nitrogen and oxygen atoms in total. The van der Waals surface area contributed by atoms with Crippen molar-refractivity contribution in [3.05, 3.63) is 27.8 Å². The van der Waals surface area contributed by atoms with Crippen LogP contribution in [0.5, 0.6) is 0 Å². The molecule has 3 atom stereocenters. The van der Waals surface area contributed by atoms with Crippen LogP contribution in [0.1, 0.15) is 35.7 Å². The number of nitrogen functional groups attached to an aromatic ring is 1. The van der Waals surface area contributed by atoms with Gasteiger partial charge in [-0.3, -0.25) is 4.79 Å². The van der Waals surface area contributed by atoms with Crippen LogP contribution in [0.3, 0.4) is 0 Å². The third-order valence-electron chi connectivity index (χ3n) is 5.96. The molecule has 1 saturated carbocycles. The first kappa shape index (κ1) is 21.8. The second-order valence-corrected chi connectivity index (χ2v) is 8.59. The lowest BCUT2D eigenvalue weighted by atomic mass is 10.0. The van der Waals surface area contributed by atoms with Crippen molar-refractivity contribution in [2.45, 2.75) is 37.6 Å². The number of carbonyl (C=O) groups is 1. The summed E-state index contributed by atoms with van der Waals surface area (Å²) in [6.07, 6.45) is -4.90. The number of hydrogen-bond donors (Lipinski definition) is 3. The van der Waals surface area contributed by atoms with Gasteiger partial charge in [-0.2, -0.15) is 13.2 Å². The van der Waals surface area contributed by atoms with Gasteiger partial charge in [0.15, 0.2) is 11.9 Å². The largest absolute Gasteiger partial charge is 0.477 e. The topological polar surface area (TPSA) is 109 Å². The molecule has 2 aliphatic rings. The van der Waals surface area contributed by atoms with Crippen molar-refractivity contribution < 1.29 is 32.6 Å². The molecule has 1 aliphatic carbocycles. The maximum Gasteiger partial charge on any atom is 0.414 e. The number of aromatic nitrogens is 1. The molecule has 12 heteroatoms. The summed E-state index contributed by atoms with van der Waals surface area (Å²) in [4.78, 5) is 25.6. The lowest BCUT2D eigenvalue weighted by Crippen LogP contribution is -2.38. The number of anilines is 2. The quantitative estimate of drug-likeness (QED) is 0.365. The van der Waals surface area contributed by atoms with Crippen LogP contribution in [0.15, 0.2) is 11.0 Å². The van der Waals surface area contributed by atoms with E-state index in [1.54, 1.807) is 0 Å². The second kappa shape index (κ2) is 7.34. The average Bonchev–Trinajstić information content (AvgIpc) is 3.42. The van der Waals surface area contributed by atoms with Crippen molar-refractivity contribution in [3.8, 4) is 0 Å². The summed E-state index contributed by atoms with van der Waals surface area (Å²) in [5, 5.41) is 18.8. The zero-order valence-electron chi connectivity index (χ0n) is 16.1. The number of hydrogen-bond acceptors (Lipinski definition) is 5. The lowest BCUT2D eigenvalue weighted by molar-refractivity contribution is -0.217. The number of aliphatic hydroxyl groups excluding tert-OH is 1. The van der Waals surface area contributed by atoms with E-state index < -0.39 is 41.0 Å². The summed E-state index contributed by atoms with van der Waals surface area (Å²) >= 11 is 0. The third-order valence-corrected chi connectivity index (χ3v) is 6.54. The Bertz CT molecular complexity index is 1150. The molecule has 2 aromatic rings. The number of pyridine rings is 1. The van der Waals surface area contributed by atoms with E-state index in [1.165, 1.54) is 9.47 Å². The van der Waals surface area contributed by atoms with E-state index in [0.717, 1.165) is 6.20 Å². The van der Waals surface area contributed by atoms with Gasteiger partial charge in [-0.05, 0) is 19.3 Å². The molecule has 0 bridgehead atoms. The lowest BCUT2D eigenvalue weighted by Gasteiger charge is -2.26. The van der Waals surface area contributed by atoms with Gasteiger partial charge in [0.05, 0.1) is 22.3 Å². The Morgan fingerprint density at radius 2 is 1.94 bits per heavy atom. The highest BCUT2D eigenvalue weighted by Gasteiger charge is 2.46. The van der Waals surface area contributed by atoms with Gasteiger partial charge in [-0.25, -0.2) is 9.18 Å². The molecular weight excluding hydrogens is 441 g/mol. The number of halogens is 4. The molecule has 31 heavy (non-hydrogen) atoms. The molecule has 3 unspecified atom stereocenters. The Labute approximate surface area is 175 Å². The third kappa shape index (κ3) is 3.53. The molecular formula is C19H20F4N3O4P. The minimum atomic E-state index is -4.79. The summed E-state index contributed by atoms with van der Waals surface area (Å²) in [5.74, 6) is -3.45. The predicted octanol–water partition coefficient (Wildman–Crippen LogP) is 2.01. The Morgan fingerprint density at radius 3 is 2.48 bits per heavy atom. The van der Waals surface area contributed by atoms with E-state index >= 15 is 4.39 Å². The summed E-state index contributed by atoms with van der Waals surface area (Å²) in [7, 11) is 2.20. The minimum absolute atomic E-state index is 0.00442. The standard InChI is InChI=1S/C19H20F4N3O4P/c20-11-13-10(15(27)9(18(29)30)6-26(13)8-1-2-8)12(24)16(31)14(11)25-4-3-7(5-25)17(28)19(21,22)23/h6-8,17,28H,1-5,24,31H2,(H,29,30). The molecule has 4 rings (SSSR count). The van der Waals surface area contributed by atoms with Gasteiger partial charge < -0.3 is 25.4 Å². The first-order valence-corrected chi connectivity index (χ1v) is 10.2. The summed E-state index contributed by atoms with van der Waals surface area (Å²) in [6, 6.07) is -0.198. The molecule has 4 N–H and O–H groups in total. The number of carboxylic acid groups (broad SMARTS) is 1. The first-order chi connectivity index (χ1) is 14.4. The highest BCUT2D eigenvalue weighted by atomic mass is 31.0. The fourth-order valence-corrected chi connectivity index (χ4v) is 4.67. The molecule has 0 radical (unpaired) electrons. The van der Waals surface area contributed by atoms with Gasteiger partial charge in [0.1, 0.15) is 5.56 Å². The van der Waals surface area contributed by atoms with Crippen LogP contribution in [0, 0.1) is 11.7 Å². The zero-order valence-corrected chi connectivity index (χ0v) is 17.3. The van der Waals surface area contributed by atoms with Crippen LogP contribution in [-0.2, 0) is 0 Å². The molecule has 1 saturated heterocycles. The molecule has 1 aliphatic heterocycles.